The van der Waals surface area contributed by atoms with Crippen molar-refractivity contribution in [1.29, 1.82) is 0 Å². The van der Waals surface area contributed by atoms with E-state index >= 15 is 0 Å². The predicted molar refractivity (Wildman–Crippen MR) is 92.7 cm³/mol. The van der Waals surface area contributed by atoms with Gasteiger partial charge in [0.1, 0.15) is 6.10 Å². The lowest BCUT2D eigenvalue weighted by molar-refractivity contribution is -0.0776. The number of aromatic amines is 1. The SMILES string of the molecule is CO.COCCOC1C[C@@H](COC)O[C@H]1n1cnc2c(=O)[nH]c(N)nc21. The molecule has 0 spiro atoms. The first-order valence-electron chi connectivity index (χ1n) is 8.06. The maximum atomic E-state index is 11.9. The van der Waals surface area contributed by atoms with E-state index in [9.17, 15) is 4.79 Å². The maximum Gasteiger partial charge on any atom is 0.280 e. The number of aromatic nitrogens is 4. The fraction of sp³-hybridized carbons (Fsp3) is 0.667. The average Bonchev–Trinajstić information content (AvgIpc) is 3.21. The van der Waals surface area contributed by atoms with Gasteiger partial charge < -0.3 is 29.8 Å². The summed E-state index contributed by atoms with van der Waals surface area (Å²) < 4.78 is 23.7. The van der Waals surface area contributed by atoms with Gasteiger partial charge in [0.05, 0.1) is 32.3 Å². The van der Waals surface area contributed by atoms with Crippen molar-refractivity contribution in [3.63, 3.8) is 0 Å². The van der Waals surface area contributed by atoms with Crippen molar-refractivity contribution >= 4 is 17.1 Å². The molecular formula is C15H25N5O6. The van der Waals surface area contributed by atoms with Gasteiger partial charge in [0, 0.05) is 27.8 Å². The van der Waals surface area contributed by atoms with Crippen molar-refractivity contribution in [3.05, 3.63) is 16.7 Å². The lowest BCUT2D eigenvalue weighted by Gasteiger charge is -2.20. The molecule has 11 heteroatoms. The van der Waals surface area contributed by atoms with E-state index in [0.717, 1.165) is 7.11 Å². The number of fused-ring (bicyclic) bond motifs is 1. The minimum absolute atomic E-state index is 0.0255. The van der Waals surface area contributed by atoms with Crippen molar-refractivity contribution in [3.8, 4) is 0 Å². The van der Waals surface area contributed by atoms with Gasteiger partial charge in [0.2, 0.25) is 5.95 Å². The molecule has 1 fully saturated rings. The molecule has 3 atom stereocenters. The minimum atomic E-state index is -0.472. The zero-order valence-corrected chi connectivity index (χ0v) is 15.0. The molecule has 0 saturated carbocycles. The highest BCUT2D eigenvalue weighted by Crippen LogP contribution is 2.32. The molecule has 0 aromatic carbocycles. The topological polar surface area (TPSA) is 147 Å². The molecule has 2 aromatic heterocycles. The number of nitrogens with two attached hydrogens (primary N) is 1. The molecule has 1 aliphatic rings. The van der Waals surface area contributed by atoms with E-state index in [1.807, 2.05) is 0 Å². The average molecular weight is 371 g/mol. The van der Waals surface area contributed by atoms with Crippen LogP contribution in [0.2, 0.25) is 0 Å². The van der Waals surface area contributed by atoms with Crippen LogP contribution in [0.1, 0.15) is 12.6 Å². The Morgan fingerprint density at radius 1 is 1.38 bits per heavy atom. The van der Waals surface area contributed by atoms with Crippen LogP contribution in [0.15, 0.2) is 11.1 Å². The lowest BCUT2D eigenvalue weighted by atomic mass is 10.2. The maximum absolute atomic E-state index is 11.9. The summed E-state index contributed by atoms with van der Waals surface area (Å²) in [7, 11) is 4.23. The summed E-state index contributed by atoms with van der Waals surface area (Å²) in [5.41, 5.74) is 5.82. The Labute approximate surface area is 150 Å². The molecule has 4 N–H and O–H groups in total. The van der Waals surface area contributed by atoms with E-state index in [1.54, 1.807) is 18.8 Å². The van der Waals surface area contributed by atoms with Crippen LogP contribution in [0.5, 0.6) is 0 Å². The van der Waals surface area contributed by atoms with E-state index in [1.165, 1.54) is 6.33 Å². The van der Waals surface area contributed by atoms with Crippen molar-refractivity contribution in [2.45, 2.75) is 24.9 Å². The second kappa shape index (κ2) is 9.59. The van der Waals surface area contributed by atoms with Crippen LogP contribution in [-0.2, 0) is 18.9 Å². The molecule has 3 heterocycles. The predicted octanol–water partition coefficient (Wildman–Crippen LogP) is -0.724. The van der Waals surface area contributed by atoms with E-state index in [4.69, 9.17) is 29.8 Å². The van der Waals surface area contributed by atoms with Crippen LogP contribution >= 0.6 is 0 Å². The van der Waals surface area contributed by atoms with E-state index < -0.39 is 6.23 Å². The van der Waals surface area contributed by atoms with Gasteiger partial charge in [-0.25, -0.2) is 4.98 Å². The number of H-pyrrole nitrogens is 1. The molecular weight excluding hydrogens is 346 g/mol. The fourth-order valence-corrected chi connectivity index (χ4v) is 2.82. The normalized spacial score (nSPS) is 22.4. The summed E-state index contributed by atoms with van der Waals surface area (Å²) in [4.78, 5) is 22.6. The number of rotatable bonds is 7. The van der Waals surface area contributed by atoms with E-state index in [0.29, 0.717) is 31.9 Å². The number of nitrogens with one attached hydrogen (secondary N) is 1. The second-order valence-corrected chi connectivity index (χ2v) is 5.52. The van der Waals surface area contributed by atoms with Crippen LogP contribution in [0.3, 0.4) is 0 Å². The number of aliphatic hydroxyl groups is 1. The molecule has 1 saturated heterocycles. The largest absolute Gasteiger partial charge is 0.400 e. The Morgan fingerprint density at radius 2 is 2.15 bits per heavy atom. The Hall–Kier alpha value is -2.05. The summed E-state index contributed by atoms with van der Waals surface area (Å²) in [6.45, 7) is 1.36. The third-order valence-electron chi connectivity index (χ3n) is 3.84. The van der Waals surface area contributed by atoms with Gasteiger partial charge >= 0.3 is 0 Å². The molecule has 11 nitrogen and oxygen atoms in total. The molecule has 3 rings (SSSR count). The second-order valence-electron chi connectivity index (χ2n) is 5.52. The summed E-state index contributed by atoms with van der Waals surface area (Å²) in [5.74, 6) is 0.0255. The van der Waals surface area contributed by atoms with E-state index in [2.05, 4.69) is 15.0 Å². The summed E-state index contributed by atoms with van der Waals surface area (Å²) in [5, 5.41) is 7.00. The number of methoxy groups -OCH3 is 2. The van der Waals surface area contributed by atoms with Gasteiger partial charge in [-0.15, -0.1) is 0 Å². The third kappa shape index (κ3) is 4.37. The third-order valence-corrected chi connectivity index (χ3v) is 3.84. The van der Waals surface area contributed by atoms with Gasteiger partial charge in [-0.2, -0.15) is 4.98 Å². The monoisotopic (exact) mass is 371 g/mol. The number of hydrogen-bond acceptors (Lipinski definition) is 9. The summed E-state index contributed by atoms with van der Waals surface area (Å²) in [6, 6.07) is 0. The van der Waals surface area contributed by atoms with Gasteiger partial charge in [0.15, 0.2) is 17.4 Å². The molecule has 2 aromatic rings. The fourth-order valence-electron chi connectivity index (χ4n) is 2.82. The molecule has 0 bridgehead atoms. The van der Waals surface area contributed by atoms with Gasteiger partial charge in [-0.05, 0) is 0 Å². The molecule has 1 unspecified atom stereocenters. The number of ether oxygens (including phenoxy) is 4. The summed E-state index contributed by atoms with van der Waals surface area (Å²) in [6.07, 6.45) is 1.34. The standard InChI is InChI=1S/C14H21N5O5.CH4O/c1-21-3-4-23-9-5-8(6-22-2)24-13(9)19-7-16-10-11(19)17-14(15)18-12(10)20;1-2/h7-9,13H,3-6H2,1-2H3,(H3,15,17,18,20);2H,1H3/t8-,9?,13+;/m0./s1. The Kier molecular flexibility index (Phi) is 7.48. The van der Waals surface area contributed by atoms with Gasteiger partial charge in [-0.1, -0.05) is 0 Å². The number of nitrogens with zero attached hydrogens (tertiary/aromatic N) is 3. The molecule has 0 amide bonds. The Bertz CT molecular complexity index is 748. The molecule has 146 valence electrons. The number of imidazole rings is 1. The van der Waals surface area contributed by atoms with Crippen molar-refractivity contribution < 1.29 is 24.1 Å². The van der Waals surface area contributed by atoms with Crippen LogP contribution in [-0.4, -0.2) is 78.0 Å². The van der Waals surface area contributed by atoms with Gasteiger partial charge in [0.25, 0.3) is 5.56 Å². The highest BCUT2D eigenvalue weighted by Gasteiger charge is 2.38. The quantitative estimate of drug-likeness (QED) is 0.536. The minimum Gasteiger partial charge on any atom is -0.400 e. The first-order valence-corrected chi connectivity index (χ1v) is 8.06. The van der Waals surface area contributed by atoms with Crippen LogP contribution in [0, 0.1) is 0 Å². The first-order chi connectivity index (χ1) is 12.6. The number of nitrogen functional groups attached to an aromatic ring is 1. The van der Waals surface area contributed by atoms with Gasteiger partial charge in [-0.3, -0.25) is 14.3 Å². The number of hydrogen-bond donors (Lipinski definition) is 3. The molecule has 0 radical (unpaired) electrons. The van der Waals surface area contributed by atoms with Crippen molar-refractivity contribution in [1.82, 2.24) is 19.5 Å². The smallest absolute Gasteiger partial charge is 0.280 e. The van der Waals surface area contributed by atoms with Crippen LogP contribution in [0.4, 0.5) is 5.95 Å². The molecule has 26 heavy (non-hydrogen) atoms. The highest BCUT2D eigenvalue weighted by molar-refractivity contribution is 5.70. The lowest BCUT2D eigenvalue weighted by Crippen LogP contribution is -2.24. The van der Waals surface area contributed by atoms with E-state index in [-0.39, 0.29) is 29.2 Å². The Balaban J connectivity index is 0.00000117. The number of anilines is 1. The zero-order valence-electron chi connectivity index (χ0n) is 15.0. The first kappa shape index (κ1) is 20.3. The van der Waals surface area contributed by atoms with Crippen molar-refractivity contribution in [2.24, 2.45) is 0 Å². The highest BCUT2D eigenvalue weighted by atomic mass is 16.6. The zero-order chi connectivity index (χ0) is 19.1. The van der Waals surface area contributed by atoms with Crippen LogP contribution in [0.25, 0.3) is 11.2 Å². The van der Waals surface area contributed by atoms with Crippen LogP contribution < -0.4 is 11.3 Å². The Morgan fingerprint density at radius 3 is 2.85 bits per heavy atom. The molecule has 1 aliphatic heterocycles. The summed E-state index contributed by atoms with van der Waals surface area (Å²) >= 11 is 0. The number of aliphatic hydroxyl groups excluding tert-OH is 1. The molecule has 0 aliphatic carbocycles. The van der Waals surface area contributed by atoms with Crippen molar-refractivity contribution in [2.75, 3.05) is 46.9 Å².